The number of sulfonamides is 1. The number of carbonyl (C=O) groups is 2. The summed E-state index contributed by atoms with van der Waals surface area (Å²) in [6.45, 7) is 1.75. The van der Waals surface area contributed by atoms with E-state index in [0.29, 0.717) is 0 Å². The maximum atomic E-state index is 12.9. The van der Waals surface area contributed by atoms with Gasteiger partial charge in [0.15, 0.2) is 6.10 Å². The molecule has 0 saturated carbocycles. The lowest BCUT2D eigenvalue weighted by Gasteiger charge is -2.13. The Labute approximate surface area is 162 Å². The number of ketones is 1. The van der Waals surface area contributed by atoms with Gasteiger partial charge in [0.1, 0.15) is 5.82 Å². The Kier molecular flexibility index (Phi) is 7.38. The average molecular weight is 409 g/mol. The van der Waals surface area contributed by atoms with Crippen LogP contribution in [0.4, 0.5) is 4.39 Å². The van der Waals surface area contributed by atoms with Crippen LogP contribution in [-0.4, -0.2) is 46.5 Å². The van der Waals surface area contributed by atoms with Gasteiger partial charge in [-0.05, 0) is 55.5 Å². The van der Waals surface area contributed by atoms with Gasteiger partial charge in [-0.25, -0.2) is 22.3 Å². The number of ether oxygens (including phenoxy) is 2. The zero-order valence-corrected chi connectivity index (χ0v) is 16.2. The predicted octanol–water partition coefficient (Wildman–Crippen LogP) is 2.18. The number of halogens is 1. The van der Waals surface area contributed by atoms with Crippen LogP contribution < -0.4 is 4.72 Å². The van der Waals surface area contributed by atoms with Gasteiger partial charge < -0.3 is 9.47 Å². The van der Waals surface area contributed by atoms with Gasteiger partial charge in [0, 0.05) is 19.2 Å². The smallest absolute Gasteiger partial charge is 0.338 e. The number of esters is 1. The van der Waals surface area contributed by atoms with Crippen LogP contribution in [0.15, 0.2) is 53.4 Å². The summed E-state index contributed by atoms with van der Waals surface area (Å²) < 4.78 is 49.4. The second-order valence-corrected chi connectivity index (χ2v) is 7.60. The Bertz CT molecular complexity index is 926. The summed E-state index contributed by atoms with van der Waals surface area (Å²) in [5.74, 6) is -1.73. The van der Waals surface area contributed by atoms with E-state index in [9.17, 15) is 22.4 Å². The first-order chi connectivity index (χ1) is 13.2. The Morgan fingerprint density at radius 3 is 2.18 bits per heavy atom. The monoisotopic (exact) mass is 409 g/mol. The summed E-state index contributed by atoms with van der Waals surface area (Å²) in [4.78, 5) is 24.4. The molecule has 150 valence electrons. The van der Waals surface area contributed by atoms with Gasteiger partial charge in [-0.1, -0.05) is 0 Å². The molecule has 1 N–H and O–H groups in total. The van der Waals surface area contributed by atoms with Crippen molar-refractivity contribution >= 4 is 21.8 Å². The quantitative estimate of drug-likeness (QED) is 0.387. The molecular weight excluding hydrogens is 389 g/mol. The second kappa shape index (κ2) is 9.54. The Hall–Kier alpha value is -2.62. The highest BCUT2D eigenvalue weighted by Gasteiger charge is 2.21. The van der Waals surface area contributed by atoms with Crippen LogP contribution in [0.3, 0.4) is 0 Å². The Morgan fingerprint density at radius 1 is 1.04 bits per heavy atom. The van der Waals surface area contributed by atoms with Crippen LogP contribution in [0.5, 0.6) is 0 Å². The topological polar surface area (TPSA) is 98.8 Å². The van der Waals surface area contributed by atoms with Crippen molar-refractivity contribution in [2.75, 3.05) is 20.3 Å². The van der Waals surface area contributed by atoms with Crippen molar-refractivity contribution in [3.8, 4) is 0 Å². The van der Waals surface area contributed by atoms with Gasteiger partial charge >= 0.3 is 5.97 Å². The SMILES string of the molecule is COCCNS(=O)(=O)c1ccc(C(=O)O[C@H](C)C(=O)c2ccc(F)cc2)cc1. The molecule has 0 unspecified atom stereocenters. The lowest BCUT2D eigenvalue weighted by molar-refractivity contribution is 0.0318. The third-order valence-electron chi connectivity index (χ3n) is 3.78. The highest BCUT2D eigenvalue weighted by atomic mass is 32.2. The van der Waals surface area contributed by atoms with Crippen LogP contribution in [0.2, 0.25) is 0 Å². The number of rotatable bonds is 9. The van der Waals surface area contributed by atoms with Gasteiger partial charge in [-0.15, -0.1) is 0 Å². The number of hydrogen-bond donors (Lipinski definition) is 1. The molecule has 0 amide bonds. The van der Waals surface area contributed by atoms with Crippen LogP contribution >= 0.6 is 0 Å². The normalized spacial score (nSPS) is 12.4. The minimum absolute atomic E-state index is 0.0180. The fourth-order valence-corrected chi connectivity index (χ4v) is 3.28. The third-order valence-corrected chi connectivity index (χ3v) is 5.26. The summed E-state index contributed by atoms with van der Waals surface area (Å²) in [6, 6.07) is 10.0. The van der Waals surface area contributed by atoms with E-state index in [1.54, 1.807) is 0 Å². The van der Waals surface area contributed by atoms with Crippen molar-refractivity contribution < 1.29 is 31.9 Å². The lowest BCUT2D eigenvalue weighted by Crippen LogP contribution is -2.27. The van der Waals surface area contributed by atoms with E-state index in [-0.39, 0.29) is 29.2 Å². The van der Waals surface area contributed by atoms with Crippen molar-refractivity contribution in [2.45, 2.75) is 17.9 Å². The van der Waals surface area contributed by atoms with Crippen molar-refractivity contribution in [3.63, 3.8) is 0 Å². The third kappa shape index (κ3) is 5.69. The van der Waals surface area contributed by atoms with E-state index < -0.39 is 33.7 Å². The number of hydrogen-bond acceptors (Lipinski definition) is 6. The van der Waals surface area contributed by atoms with Gasteiger partial charge in [-0.3, -0.25) is 4.79 Å². The summed E-state index contributed by atoms with van der Waals surface area (Å²) in [6.07, 6.45) is -1.09. The van der Waals surface area contributed by atoms with Gasteiger partial charge in [0.05, 0.1) is 17.1 Å². The summed E-state index contributed by atoms with van der Waals surface area (Å²) in [7, 11) is -2.26. The number of nitrogens with one attached hydrogen (secondary N) is 1. The van der Waals surface area contributed by atoms with Gasteiger partial charge in [0.25, 0.3) is 0 Å². The lowest BCUT2D eigenvalue weighted by atomic mass is 10.1. The van der Waals surface area contributed by atoms with Gasteiger partial charge in [-0.2, -0.15) is 0 Å². The zero-order chi connectivity index (χ0) is 20.7. The van der Waals surface area contributed by atoms with E-state index in [4.69, 9.17) is 9.47 Å². The van der Waals surface area contributed by atoms with E-state index in [1.165, 1.54) is 50.4 Å². The molecule has 2 aromatic carbocycles. The Balaban J connectivity index is 2.02. The van der Waals surface area contributed by atoms with Crippen molar-refractivity contribution in [1.29, 1.82) is 0 Å². The van der Waals surface area contributed by atoms with Crippen molar-refractivity contribution in [3.05, 3.63) is 65.5 Å². The number of methoxy groups -OCH3 is 1. The number of benzene rings is 2. The minimum Gasteiger partial charge on any atom is -0.451 e. The standard InChI is InChI=1S/C19H20FNO6S/c1-13(18(22)14-3-7-16(20)8-4-14)27-19(23)15-5-9-17(10-6-15)28(24,25)21-11-12-26-2/h3-10,13,21H,11-12H2,1-2H3/t13-/m1/s1. The maximum absolute atomic E-state index is 12.9. The second-order valence-electron chi connectivity index (χ2n) is 5.83. The van der Waals surface area contributed by atoms with E-state index >= 15 is 0 Å². The van der Waals surface area contributed by atoms with E-state index in [1.807, 2.05) is 0 Å². The molecule has 2 rings (SSSR count). The summed E-state index contributed by atoms with van der Waals surface area (Å²) in [5.41, 5.74) is 0.305. The van der Waals surface area contributed by atoms with E-state index in [2.05, 4.69) is 4.72 Å². The molecule has 0 aliphatic rings. The van der Waals surface area contributed by atoms with Crippen LogP contribution in [0, 0.1) is 5.82 Å². The molecule has 0 spiro atoms. The molecule has 9 heteroatoms. The fourth-order valence-electron chi connectivity index (χ4n) is 2.26. The van der Waals surface area contributed by atoms with Crippen molar-refractivity contribution in [1.82, 2.24) is 4.72 Å². The van der Waals surface area contributed by atoms with Crippen LogP contribution in [-0.2, 0) is 19.5 Å². The Morgan fingerprint density at radius 2 is 1.61 bits per heavy atom. The summed E-state index contributed by atoms with van der Waals surface area (Å²) in [5, 5.41) is 0. The molecule has 0 aliphatic carbocycles. The first-order valence-electron chi connectivity index (χ1n) is 8.34. The average Bonchev–Trinajstić information content (AvgIpc) is 2.68. The molecule has 1 atom stereocenters. The summed E-state index contributed by atoms with van der Waals surface area (Å²) >= 11 is 0. The van der Waals surface area contributed by atoms with E-state index in [0.717, 1.165) is 12.1 Å². The molecule has 0 aromatic heterocycles. The minimum atomic E-state index is -3.72. The molecule has 0 aliphatic heterocycles. The predicted molar refractivity (Wildman–Crippen MR) is 99.1 cm³/mol. The maximum Gasteiger partial charge on any atom is 0.338 e. The largest absolute Gasteiger partial charge is 0.451 e. The molecule has 0 bridgehead atoms. The molecule has 28 heavy (non-hydrogen) atoms. The molecule has 2 aromatic rings. The zero-order valence-electron chi connectivity index (χ0n) is 15.3. The van der Waals surface area contributed by atoms with Crippen molar-refractivity contribution in [2.24, 2.45) is 0 Å². The van der Waals surface area contributed by atoms with Crippen LogP contribution in [0.1, 0.15) is 27.6 Å². The first kappa shape index (κ1) is 21.7. The first-order valence-corrected chi connectivity index (χ1v) is 9.82. The van der Waals surface area contributed by atoms with Gasteiger partial charge in [0.2, 0.25) is 15.8 Å². The number of Topliss-reactive ketones (excluding diaryl/α,β-unsaturated/α-hetero) is 1. The van der Waals surface area contributed by atoms with Crippen LogP contribution in [0.25, 0.3) is 0 Å². The highest BCUT2D eigenvalue weighted by molar-refractivity contribution is 7.89. The highest BCUT2D eigenvalue weighted by Crippen LogP contribution is 2.14. The molecule has 7 nitrogen and oxygen atoms in total. The molecule has 0 radical (unpaired) electrons. The molecule has 0 fully saturated rings. The molecular formula is C19H20FNO6S. The number of carbonyl (C=O) groups excluding carboxylic acids is 2. The molecule has 0 saturated heterocycles. The molecule has 0 heterocycles. The fraction of sp³-hybridized carbons (Fsp3) is 0.263.